The van der Waals surface area contributed by atoms with Crippen LogP contribution in [-0.4, -0.2) is 16.2 Å². The molecule has 130 valence electrons. The number of carboxylic acids is 1. The molecule has 0 aliphatic carbocycles. The van der Waals surface area contributed by atoms with E-state index in [-0.39, 0.29) is 28.0 Å². The van der Waals surface area contributed by atoms with Gasteiger partial charge in [0.1, 0.15) is 11.3 Å². The number of benzene rings is 1. The van der Waals surface area contributed by atoms with E-state index in [1.165, 1.54) is 24.3 Å². The molecule has 1 aromatic carbocycles. The Morgan fingerprint density at radius 1 is 1.20 bits per heavy atom. The highest BCUT2D eigenvalue weighted by Gasteiger charge is 2.39. The molecule has 0 saturated carbocycles. The van der Waals surface area contributed by atoms with Crippen LogP contribution in [0.2, 0.25) is 0 Å². The molecule has 5 nitrogen and oxygen atoms in total. The molecule has 0 amide bonds. The number of carboxylic acid groups (broad SMARTS) is 1. The number of carbonyl (C=O) groups is 1. The van der Waals surface area contributed by atoms with Crippen molar-refractivity contribution in [3.63, 3.8) is 0 Å². The average molecular weight is 370 g/mol. The van der Waals surface area contributed by atoms with E-state index in [0.29, 0.717) is 4.88 Å². The van der Waals surface area contributed by atoms with Crippen LogP contribution in [0.25, 0.3) is 21.4 Å². The Kier molecular flexibility index (Phi) is 4.03. The molecule has 25 heavy (non-hydrogen) atoms. The Labute approximate surface area is 141 Å². The first-order valence-electron chi connectivity index (χ1n) is 6.84. The van der Waals surface area contributed by atoms with E-state index in [2.05, 4.69) is 0 Å². The van der Waals surface area contributed by atoms with E-state index in [1.807, 2.05) is 0 Å². The quantitative estimate of drug-likeness (QED) is 0.731. The van der Waals surface area contributed by atoms with Crippen molar-refractivity contribution in [2.45, 2.75) is 12.6 Å². The van der Waals surface area contributed by atoms with Gasteiger partial charge in [0, 0.05) is 15.8 Å². The molecule has 0 radical (unpaired) electrons. The summed E-state index contributed by atoms with van der Waals surface area (Å²) in [7, 11) is 0. The lowest BCUT2D eigenvalue weighted by atomic mass is 10.1. The van der Waals surface area contributed by atoms with E-state index in [0.717, 1.165) is 17.4 Å². The molecule has 0 saturated heterocycles. The molecule has 2 aromatic heterocycles. The molecule has 0 fully saturated rings. The van der Waals surface area contributed by atoms with Crippen LogP contribution in [0.4, 0.5) is 13.2 Å². The normalized spacial score (nSPS) is 11.8. The van der Waals surface area contributed by atoms with Crippen LogP contribution in [0, 0.1) is 0 Å². The van der Waals surface area contributed by atoms with Gasteiger partial charge >= 0.3 is 12.1 Å². The minimum Gasteiger partial charge on any atom is -0.508 e. The van der Waals surface area contributed by atoms with Crippen molar-refractivity contribution in [1.29, 1.82) is 0 Å². The number of fused-ring (bicyclic) bond motifs is 1. The van der Waals surface area contributed by atoms with Gasteiger partial charge in [-0.1, -0.05) is 0 Å². The number of phenols is 1. The van der Waals surface area contributed by atoms with Gasteiger partial charge < -0.3 is 14.6 Å². The Morgan fingerprint density at radius 2 is 1.92 bits per heavy atom. The fourth-order valence-electron chi connectivity index (χ4n) is 2.36. The van der Waals surface area contributed by atoms with Gasteiger partial charge in [-0.15, -0.1) is 11.3 Å². The summed E-state index contributed by atoms with van der Waals surface area (Å²) in [5.74, 6) is -2.96. The first-order valence-corrected chi connectivity index (χ1v) is 7.66. The largest absolute Gasteiger partial charge is 0.508 e. The molecular formula is C16H9F3O5S. The van der Waals surface area contributed by atoms with Gasteiger partial charge in [-0.3, -0.25) is 9.59 Å². The fourth-order valence-corrected chi connectivity index (χ4v) is 3.40. The predicted molar refractivity (Wildman–Crippen MR) is 83.8 cm³/mol. The third kappa shape index (κ3) is 3.22. The topological polar surface area (TPSA) is 87.7 Å². The van der Waals surface area contributed by atoms with Crippen molar-refractivity contribution in [2.75, 3.05) is 0 Å². The second-order valence-corrected chi connectivity index (χ2v) is 6.32. The lowest BCUT2D eigenvalue weighted by molar-refractivity contribution is -0.152. The summed E-state index contributed by atoms with van der Waals surface area (Å²) in [5.41, 5.74) is -1.96. The van der Waals surface area contributed by atoms with Gasteiger partial charge in [0.2, 0.25) is 11.2 Å². The van der Waals surface area contributed by atoms with Crippen LogP contribution < -0.4 is 5.43 Å². The zero-order valence-electron chi connectivity index (χ0n) is 12.3. The van der Waals surface area contributed by atoms with E-state index >= 15 is 0 Å². The number of hydrogen-bond acceptors (Lipinski definition) is 5. The minimum atomic E-state index is -4.94. The molecule has 2 heterocycles. The number of aromatic hydroxyl groups is 1. The van der Waals surface area contributed by atoms with E-state index in [4.69, 9.17) is 9.52 Å². The van der Waals surface area contributed by atoms with Crippen LogP contribution in [0.15, 0.2) is 39.5 Å². The SMILES string of the molecule is O=C(O)Cc1ccc(-c2c(C(F)(F)F)oc3cc(O)ccc3c2=O)s1. The smallest absolute Gasteiger partial charge is 0.450 e. The zero-order chi connectivity index (χ0) is 18.4. The minimum absolute atomic E-state index is 0.0349. The third-order valence-corrected chi connectivity index (χ3v) is 4.47. The Balaban J connectivity index is 2.30. The van der Waals surface area contributed by atoms with Crippen molar-refractivity contribution in [2.24, 2.45) is 0 Å². The van der Waals surface area contributed by atoms with Gasteiger partial charge in [-0.25, -0.2) is 0 Å². The van der Waals surface area contributed by atoms with Gasteiger partial charge in [0.25, 0.3) is 0 Å². The number of rotatable bonds is 3. The Morgan fingerprint density at radius 3 is 2.56 bits per heavy atom. The molecule has 3 rings (SSSR count). The summed E-state index contributed by atoms with van der Waals surface area (Å²) in [6.45, 7) is 0. The lowest BCUT2D eigenvalue weighted by Gasteiger charge is -2.11. The molecule has 3 aromatic rings. The van der Waals surface area contributed by atoms with Crippen molar-refractivity contribution in [1.82, 2.24) is 0 Å². The first-order chi connectivity index (χ1) is 11.7. The molecular weight excluding hydrogens is 361 g/mol. The summed E-state index contributed by atoms with van der Waals surface area (Å²) in [5, 5.41) is 18.1. The summed E-state index contributed by atoms with van der Waals surface area (Å²) in [6, 6.07) is 5.89. The molecule has 9 heteroatoms. The number of alkyl halides is 3. The van der Waals surface area contributed by atoms with Gasteiger partial charge in [-0.2, -0.15) is 13.2 Å². The van der Waals surface area contributed by atoms with Crippen LogP contribution in [-0.2, 0) is 17.4 Å². The lowest BCUT2D eigenvalue weighted by Crippen LogP contribution is -2.15. The maximum absolute atomic E-state index is 13.4. The number of halogens is 3. The second kappa shape index (κ2) is 5.92. The highest BCUT2D eigenvalue weighted by Crippen LogP contribution is 2.39. The summed E-state index contributed by atoms with van der Waals surface area (Å²) >= 11 is 0.780. The Bertz CT molecular complexity index is 1030. The van der Waals surface area contributed by atoms with Crippen molar-refractivity contribution in [3.8, 4) is 16.2 Å². The number of phenolic OH excluding ortho intramolecular Hbond substituents is 1. The number of aliphatic carboxylic acids is 1. The molecule has 0 unspecified atom stereocenters. The molecule has 0 spiro atoms. The van der Waals surface area contributed by atoms with Crippen LogP contribution in [0.5, 0.6) is 5.75 Å². The number of hydrogen-bond donors (Lipinski definition) is 2. The monoisotopic (exact) mass is 370 g/mol. The van der Waals surface area contributed by atoms with Crippen molar-refractivity contribution < 1.29 is 32.6 Å². The maximum Gasteiger partial charge on any atom is 0.450 e. The highest BCUT2D eigenvalue weighted by molar-refractivity contribution is 7.15. The number of thiophene rings is 1. The average Bonchev–Trinajstić information content (AvgIpc) is 2.93. The van der Waals surface area contributed by atoms with Crippen LogP contribution in [0.3, 0.4) is 0 Å². The fraction of sp³-hybridized carbons (Fsp3) is 0.125. The second-order valence-electron chi connectivity index (χ2n) is 5.15. The maximum atomic E-state index is 13.4. The van der Waals surface area contributed by atoms with Gasteiger partial charge in [-0.05, 0) is 24.3 Å². The summed E-state index contributed by atoms with van der Waals surface area (Å²) in [4.78, 5) is 23.6. The highest BCUT2D eigenvalue weighted by atomic mass is 32.1. The van der Waals surface area contributed by atoms with E-state index < -0.39 is 28.9 Å². The molecule has 0 bridgehead atoms. The molecule has 2 N–H and O–H groups in total. The van der Waals surface area contributed by atoms with Crippen LogP contribution >= 0.6 is 11.3 Å². The standard InChI is InChI=1S/C16H9F3O5S/c17-16(18,19)15-13(11-4-2-8(25-11)6-12(21)22)14(23)9-3-1-7(20)5-10(9)24-15/h1-5,20H,6H2,(H,21,22). The first kappa shape index (κ1) is 17.0. The predicted octanol–water partition coefficient (Wildman–Crippen LogP) is 3.87. The van der Waals surface area contributed by atoms with Crippen molar-refractivity contribution in [3.05, 3.63) is 51.2 Å². The molecule has 0 aliphatic rings. The Hall–Kier alpha value is -2.81. The van der Waals surface area contributed by atoms with E-state index in [1.54, 1.807) is 0 Å². The molecule has 0 atom stereocenters. The van der Waals surface area contributed by atoms with Crippen molar-refractivity contribution >= 4 is 28.3 Å². The van der Waals surface area contributed by atoms with Crippen LogP contribution in [0.1, 0.15) is 10.6 Å². The van der Waals surface area contributed by atoms with Gasteiger partial charge in [0.05, 0.1) is 17.4 Å². The summed E-state index contributed by atoms with van der Waals surface area (Å²) in [6.07, 6.45) is -5.30. The van der Waals surface area contributed by atoms with E-state index in [9.17, 15) is 27.9 Å². The molecule has 0 aliphatic heterocycles. The summed E-state index contributed by atoms with van der Waals surface area (Å²) < 4.78 is 45.0. The zero-order valence-corrected chi connectivity index (χ0v) is 13.1. The van der Waals surface area contributed by atoms with Gasteiger partial charge in [0.15, 0.2) is 0 Å². The third-order valence-electron chi connectivity index (χ3n) is 3.37.